The fourth-order valence-electron chi connectivity index (χ4n) is 3.54. The standard InChI is InChI=1S/C25H27ClN6O/c26-22-1-2-23-24(7-12-30-25(23)15-22)31-19-33-18-29-13-14-32(16-20-3-8-27-9-4-20)17-21-5-10-28-11-6-21/h1-12,15,29H,13-14,16-19H2,(H,30,31). The van der Waals surface area contributed by atoms with Crippen LogP contribution >= 0.6 is 11.6 Å². The van der Waals surface area contributed by atoms with E-state index in [1.165, 1.54) is 11.1 Å². The normalized spacial score (nSPS) is 11.2. The molecule has 0 atom stereocenters. The third kappa shape index (κ3) is 7.20. The molecule has 0 saturated carbocycles. The summed E-state index contributed by atoms with van der Waals surface area (Å²) in [4.78, 5) is 15.0. The summed E-state index contributed by atoms with van der Waals surface area (Å²) in [5.41, 5.74) is 4.31. The van der Waals surface area contributed by atoms with Crippen LogP contribution in [0, 0.1) is 0 Å². The van der Waals surface area contributed by atoms with Gasteiger partial charge in [-0.05, 0) is 59.7 Å². The highest BCUT2D eigenvalue weighted by atomic mass is 35.5. The summed E-state index contributed by atoms with van der Waals surface area (Å²) in [7, 11) is 0. The van der Waals surface area contributed by atoms with Gasteiger partial charge in [0.05, 0.1) is 12.2 Å². The summed E-state index contributed by atoms with van der Waals surface area (Å²) in [6, 6.07) is 15.8. The largest absolute Gasteiger partial charge is 0.362 e. The van der Waals surface area contributed by atoms with Crippen molar-refractivity contribution in [2.45, 2.75) is 13.1 Å². The van der Waals surface area contributed by atoms with Gasteiger partial charge in [0.25, 0.3) is 0 Å². The van der Waals surface area contributed by atoms with Crippen molar-refractivity contribution in [3.05, 3.63) is 95.7 Å². The van der Waals surface area contributed by atoms with E-state index in [1.807, 2.05) is 49.1 Å². The number of fused-ring (bicyclic) bond motifs is 1. The van der Waals surface area contributed by atoms with Crippen LogP contribution in [0.2, 0.25) is 5.02 Å². The lowest BCUT2D eigenvalue weighted by Gasteiger charge is -2.23. The zero-order chi connectivity index (χ0) is 22.7. The maximum Gasteiger partial charge on any atom is 0.118 e. The van der Waals surface area contributed by atoms with Crippen LogP contribution in [0.4, 0.5) is 5.69 Å². The lowest BCUT2D eigenvalue weighted by atomic mass is 10.2. The van der Waals surface area contributed by atoms with Crippen LogP contribution in [0.1, 0.15) is 11.1 Å². The van der Waals surface area contributed by atoms with Crippen molar-refractivity contribution in [2.24, 2.45) is 0 Å². The lowest BCUT2D eigenvalue weighted by Crippen LogP contribution is -2.33. The second-order valence-corrected chi connectivity index (χ2v) is 8.05. The first kappa shape index (κ1) is 23.1. The Morgan fingerprint density at radius 1 is 0.818 bits per heavy atom. The van der Waals surface area contributed by atoms with Gasteiger partial charge in [0.15, 0.2) is 0 Å². The number of pyridine rings is 3. The number of nitrogens with zero attached hydrogens (tertiary/aromatic N) is 4. The molecule has 7 nitrogen and oxygen atoms in total. The van der Waals surface area contributed by atoms with Crippen LogP contribution in [-0.2, 0) is 17.8 Å². The average molecular weight is 463 g/mol. The maximum absolute atomic E-state index is 6.06. The van der Waals surface area contributed by atoms with E-state index in [9.17, 15) is 0 Å². The van der Waals surface area contributed by atoms with Gasteiger partial charge in [-0.15, -0.1) is 0 Å². The van der Waals surface area contributed by atoms with Crippen molar-refractivity contribution in [1.82, 2.24) is 25.2 Å². The Labute approximate surface area is 198 Å². The van der Waals surface area contributed by atoms with Crippen LogP contribution in [0.3, 0.4) is 0 Å². The summed E-state index contributed by atoms with van der Waals surface area (Å²) >= 11 is 6.06. The molecule has 8 heteroatoms. The molecule has 3 heterocycles. The molecular formula is C25H27ClN6O. The molecule has 170 valence electrons. The predicted octanol–water partition coefficient (Wildman–Crippen LogP) is 4.31. The number of ether oxygens (including phenoxy) is 1. The quantitative estimate of drug-likeness (QED) is 0.240. The van der Waals surface area contributed by atoms with Crippen LogP contribution in [0.25, 0.3) is 10.9 Å². The Bertz CT molecular complexity index is 1090. The Morgan fingerprint density at radius 3 is 2.21 bits per heavy atom. The van der Waals surface area contributed by atoms with E-state index in [2.05, 4.69) is 54.8 Å². The Hall–Kier alpha value is -3.10. The highest BCUT2D eigenvalue weighted by Crippen LogP contribution is 2.24. The summed E-state index contributed by atoms with van der Waals surface area (Å²) in [5.74, 6) is 0. The van der Waals surface area contributed by atoms with E-state index in [0.717, 1.165) is 42.8 Å². The summed E-state index contributed by atoms with van der Waals surface area (Å²) in [6.45, 7) is 4.26. The molecule has 0 aliphatic carbocycles. The summed E-state index contributed by atoms with van der Waals surface area (Å²) in [6.07, 6.45) is 9.10. The minimum atomic E-state index is 0.395. The number of anilines is 1. The molecule has 1 aromatic carbocycles. The van der Waals surface area contributed by atoms with Gasteiger partial charge in [0.1, 0.15) is 6.73 Å². The topological polar surface area (TPSA) is 75.2 Å². The number of hydrogen-bond acceptors (Lipinski definition) is 7. The molecule has 0 saturated heterocycles. The third-order valence-electron chi connectivity index (χ3n) is 5.19. The molecule has 0 aliphatic heterocycles. The van der Waals surface area contributed by atoms with E-state index in [-0.39, 0.29) is 0 Å². The molecule has 0 aliphatic rings. The highest BCUT2D eigenvalue weighted by molar-refractivity contribution is 6.31. The molecule has 4 aromatic rings. The van der Waals surface area contributed by atoms with Gasteiger partial charge in [0, 0.05) is 73.3 Å². The van der Waals surface area contributed by atoms with Gasteiger partial charge < -0.3 is 10.1 Å². The molecule has 4 rings (SSSR count). The fourth-order valence-corrected chi connectivity index (χ4v) is 3.71. The van der Waals surface area contributed by atoms with Crippen LogP contribution < -0.4 is 10.6 Å². The zero-order valence-corrected chi connectivity index (χ0v) is 19.1. The SMILES string of the molecule is Clc1ccc2c(NCOCNCCN(Cc3ccncc3)Cc3ccncc3)ccnc2c1. The second-order valence-electron chi connectivity index (χ2n) is 7.61. The zero-order valence-electron chi connectivity index (χ0n) is 18.3. The van der Waals surface area contributed by atoms with Crippen LogP contribution in [0.5, 0.6) is 0 Å². The minimum absolute atomic E-state index is 0.395. The molecule has 0 fully saturated rings. The number of hydrogen-bond donors (Lipinski definition) is 2. The number of rotatable bonds is 12. The lowest BCUT2D eigenvalue weighted by molar-refractivity contribution is 0.128. The van der Waals surface area contributed by atoms with Crippen molar-refractivity contribution in [2.75, 3.05) is 31.9 Å². The van der Waals surface area contributed by atoms with E-state index in [4.69, 9.17) is 16.3 Å². The van der Waals surface area contributed by atoms with Crippen molar-refractivity contribution < 1.29 is 4.74 Å². The van der Waals surface area contributed by atoms with E-state index >= 15 is 0 Å². The molecule has 33 heavy (non-hydrogen) atoms. The average Bonchev–Trinajstić information content (AvgIpc) is 2.84. The first-order valence-corrected chi connectivity index (χ1v) is 11.2. The van der Waals surface area contributed by atoms with Crippen molar-refractivity contribution in [3.8, 4) is 0 Å². The first-order valence-electron chi connectivity index (χ1n) is 10.8. The second kappa shape index (κ2) is 12.2. The van der Waals surface area contributed by atoms with Gasteiger partial charge in [-0.2, -0.15) is 0 Å². The Morgan fingerprint density at radius 2 is 1.52 bits per heavy atom. The predicted molar refractivity (Wildman–Crippen MR) is 132 cm³/mol. The van der Waals surface area contributed by atoms with Crippen LogP contribution in [-0.4, -0.2) is 46.4 Å². The van der Waals surface area contributed by atoms with Crippen molar-refractivity contribution in [1.29, 1.82) is 0 Å². The summed E-state index contributed by atoms with van der Waals surface area (Å²) in [5, 5.41) is 8.36. The number of benzene rings is 1. The van der Waals surface area contributed by atoms with Crippen LogP contribution in [0.15, 0.2) is 79.5 Å². The number of halogens is 1. The van der Waals surface area contributed by atoms with Crippen molar-refractivity contribution >= 4 is 28.2 Å². The van der Waals surface area contributed by atoms with Gasteiger partial charge in [-0.25, -0.2) is 0 Å². The first-order chi connectivity index (χ1) is 16.3. The summed E-state index contributed by atoms with van der Waals surface area (Å²) < 4.78 is 5.72. The van der Waals surface area contributed by atoms with Gasteiger partial charge in [0.2, 0.25) is 0 Å². The number of nitrogens with one attached hydrogen (secondary N) is 2. The van der Waals surface area contributed by atoms with Gasteiger partial charge >= 0.3 is 0 Å². The van der Waals surface area contributed by atoms with Crippen molar-refractivity contribution in [3.63, 3.8) is 0 Å². The Kier molecular flexibility index (Phi) is 8.55. The highest BCUT2D eigenvalue weighted by Gasteiger charge is 2.07. The van der Waals surface area contributed by atoms with E-state index in [1.54, 1.807) is 6.20 Å². The minimum Gasteiger partial charge on any atom is -0.362 e. The number of aromatic nitrogens is 3. The fraction of sp³-hybridized carbons (Fsp3) is 0.240. The van der Waals surface area contributed by atoms with E-state index < -0.39 is 0 Å². The molecule has 2 N–H and O–H groups in total. The molecular weight excluding hydrogens is 436 g/mol. The third-order valence-corrected chi connectivity index (χ3v) is 5.42. The molecule has 0 bridgehead atoms. The molecule has 0 radical (unpaired) electrons. The van der Waals surface area contributed by atoms with Gasteiger partial charge in [-0.1, -0.05) is 11.6 Å². The molecule has 0 amide bonds. The molecule has 0 spiro atoms. The van der Waals surface area contributed by atoms with E-state index in [0.29, 0.717) is 18.5 Å². The molecule has 0 unspecified atom stereocenters. The smallest absolute Gasteiger partial charge is 0.118 e. The Balaban J connectivity index is 1.21. The van der Waals surface area contributed by atoms with Gasteiger partial charge in [-0.3, -0.25) is 25.2 Å². The monoisotopic (exact) mass is 462 g/mol. The maximum atomic E-state index is 6.06. The molecule has 3 aromatic heterocycles.